The maximum atomic E-state index is 12.1. The summed E-state index contributed by atoms with van der Waals surface area (Å²) in [6.45, 7) is 1.70. The second-order valence-electron chi connectivity index (χ2n) is 6.12. The summed E-state index contributed by atoms with van der Waals surface area (Å²) in [7, 11) is 0. The third-order valence-corrected chi connectivity index (χ3v) is 4.85. The molecule has 1 saturated heterocycles. The Hall–Kier alpha value is -2.32. The van der Waals surface area contributed by atoms with Crippen LogP contribution in [0, 0.1) is 0 Å². The van der Waals surface area contributed by atoms with Gasteiger partial charge in [-0.25, -0.2) is 4.79 Å². The number of aromatic nitrogens is 1. The molecule has 1 aliphatic rings. The molecule has 1 amide bonds. The molecule has 1 aromatic carbocycles. The summed E-state index contributed by atoms with van der Waals surface area (Å²) in [5, 5.41) is 12.3. The van der Waals surface area contributed by atoms with Crippen molar-refractivity contribution in [3.63, 3.8) is 0 Å². The number of alkyl carbamates (subject to hydrolysis) is 1. The highest BCUT2D eigenvalue weighted by Gasteiger charge is 2.25. The number of carbonyl (C=O) groups is 1. The summed E-state index contributed by atoms with van der Waals surface area (Å²) in [5.41, 5.74) is 4.48. The van der Waals surface area contributed by atoms with Crippen LogP contribution >= 0.6 is 15.9 Å². The Bertz CT molecular complexity index is 744. The number of hydrogen-bond donors (Lipinski definition) is 3. The third-order valence-electron chi connectivity index (χ3n) is 4.27. The van der Waals surface area contributed by atoms with E-state index >= 15 is 0 Å². The molecule has 0 bridgehead atoms. The standard InChI is InChI=1S/C18H21BrN4O3/c19-15-9-20-10-16(22-25)17(15)23-8-4-7-14(11-23)21-18(24)26-12-13-5-2-1-3-6-13/h1-3,5-6,9-10,14,22,25H,4,7-8,11-12H2,(H,21,24)/t14-/m0/s1. The summed E-state index contributed by atoms with van der Waals surface area (Å²) in [6.07, 6.45) is 4.62. The van der Waals surface area contributed by atoms with Gasteiger partial charge in [-0.1, -0.05) is 30.3 Å². The predicted octanol–water partition coefficient (Wildman–Crippen LogP) is 3.54. The van der Waals surface area contributed by atoms with E-state index in [9.17, 15) is 10.0 Å². The van der Waals surface area contributed by atoms with Crippen LogP contribution < -0.4 is 15.7 Å². The molecule has 0 spiro atoms. The van der Waals surface area contributed by atoms with E-state index < -0.39 is 6.09 Å². The fraction of sp³-hybridized carbons (Fsp3) is 0.333. The number of halogens is 1. The minimum Gasteiger partial charge on any atom is -0.445 e. The van der Waals surface area contributed by atoms with Crippen LogP contribution in [-0.2, 0) is 11.3 Å². The molecule has 138 valence electrons. The molecule has 0 saturated carbocycles. The van der Waals surface area contributed by atoms with Crippen LogP contribution in [-0.4, -0.2) is 35.4 Å². The van der Waals surface area contributed by atoms with Crippen molar-refractivity contribution in [3.8, 4) is 0 Å². The Morgan fingerprint density at radius 2 is 2.15 bits per heavy atom. The molecule has 0 unspecified atom stereocenters. The molecule has 3 rings (SSSR count). The lowest BCUT2D eigenvalue weighted by molar-refractivity contribution is 0.134. The van der Waals surface area contributed by atoms with Crippen molar-refractivity contribution in [1.82, 2.24) is 10.3 Å². The molecular weight excluding hydrogens is 400 g/mol. The minimum atomic E-state index is -0.421. The van der Waals surface area contributed by atoms with E-state index in [-0.39, 0.29) is 12.6 Å². The SMILES string of the molecule is O=C(N[C@H]1CCCN(c2c(Br)cncc2NO)C1)OCc1ccccc1. The summed E-state index contributed by atoms with van der Waals surface area (Å²) in [6, 6.07) is 9.55. The topological polar surface area (TPSA) is 86.7 Å². The lowest BCUT2D eigenvalue weighted by atomic mass is 10.1. The van der Waals surface area contributed by atoms with Gasteiger partial charge in [0.1, 0.15) is 12.3 Å². The second kappa shape index (κ2) is 8.86. The number of rotatable bonds is 5. The highest BCUT2D eigenvalue weighted by atomic mass is 79.9. The summed E-state index contributed by atoms with van der Waals surface area (Å²) >= 11 is 3.48. The van der Waals surface area contributed by atoms with E-state index in [4.69, 9.17) is 4.74 Å². The lowest BCUT2D eigenvalue weighted by Gasteiger charge is -2.35. The molecule has 1 fully saturated rings. The number of pyridine rings is 1. The fourth-order valence-corrected chi connectivity index (χ4v) is 3.64. The zero-order valence-corrected chi connectivity index (χ0v) is 15.8. The van der Waals surface area contributed by atoms with Gasteiger partial charge in [0.25, 0.3) is 0 Å². The number of nitrogens with zero attached hydrogens (tertiary/aromatic N) is 2. The van der Waals surface area contributed by atoms with Crippen molar-refractivity contribution >= 4 is 33.4 Å². The summed E-state index contributed by atoms with van der Waals surface area (Å²) in [4.78, 5) is 18.2. The van der Waals surface area contributed by atoms with Crippen LogP contribution in [0.25, 0.3) is 0 Å². The van der Waals surface area contributed by atoms with Gasteiger partial charge in [-0.3, -0.25) is 15.7 Å². The second-order valence-corrected chi connectivity index (χ2v) is 6.97. The van der Waals surface area contributed by atoms with Gasteiger partial charge in [0.15, 0.2) is 0 Å². The normalized spacial score (nSPS) is 16.8. The Morgan fingerprint density at radius 3 is 2.92 bits per heavy atom. The average Bonchev–Trinajstić information content (AvgIpc) is 2.67. The van der Waals surface area contributed by atoms with Crippen molar-refractivity contribution in [2.75, 3.05) is 23.5 Å². The number of piperidine rings is 1. The molecule has 0 radical (unpaired) electrons. The quantitative estimate of drug-likeness (QED) is 0.641. The van der Waals surface area contributed by atoms with E-state index in [1.807, 2.05) is 30.3 Å². The van der Waals surface area contributed by atoms with Crippen molar-refractivity contribution in [2.45, 2.75) is 25.5 Å². The Kier molecular flexibility index (Phi) is 6.30. The first-order valence-electron chi connectivity index (χ1n) is 8.43. The number of ether oxygens (including phenoxy) is 1. The number of amides is 1. The lowest BCUT2D eigenvalue weighted by Crippen LogP contribution is -2.48. The Balaban J connectivity index is 1.58. The van der Waals surface area contributed by atoms with E-state index in [1.165, 1.54) is 0 Å². The smallest absolute Gasteiger partial charge is 0.407 e. The van der Waals surface area contributed by atoms with E-state index in [1.54, 1.807) is 12.4 Å². The van der Waals surface area contributed by atoms with Crippen LogP contribution in [0.3, 0.4) is 0 Å². The van der Waals surface area contributed by atoms with Gasteiger partial charge < -0.3 is 15.0 Å². The Morgan fingerprint density at radius 1 is 1.35 bits per heavy atom. The largest absolute Gasteiger partial charge is 0.445 e. The Labute approximate surface area is 160 Å². The van der Waals surface area contributed by atoms with Crippen LogP contribution in [0.15, 0.2) is 47.2 Å². The van der Waals surface area contributed by atoms with Crippen LogP contribution in [0.5, 0.6) is 0 Å². The van der Waals surface area contributed by atoms with Gasteiger partial charge in [0, 0.05) is 25.3 Å². The third kappa shape index (κ3) is 4.64. The molecule has 8 heteroatoms. The van der Waals surface area contributed by atoms with Crippen molar-refractivity contribution in [1.29, 1.82) is 0 Å². The maximum absolute atomic E-state index is 12.1. The number of hydrogen-bond acceptors (Lipinski definition) is 6. The number of anilines is 2. The summed E-state index contributed by atoms with van der Waals surface area (Å²) < 4.78 is 6.08. The average molecular weight is 421 g/mol. The van der Waals surface area contributed by atoms with Gasteiger partial charge in [0.2, 0.25) is 0 Å². The number of benzene rings is 1. The minimum absolute atomic E-state index is 0.0290. The zero-order valence-electron chi connectivity index (χ0n) is 14.2. The fourth-order valence-electron chi connectivity index (χ4n) is 3.06. The zero-order chi connectivity index (χ0) is 18.4. The van der Waals surface area contributed by atoms with Gasteiger partial charge in [-0.05, 0) is 34.3 Å². The number of nitrogens with one attached hydrogen (secondary N) is 2. The van der Waals surface area contributed by atoms with Gasteiger partial charge in [-0.2, -0.15) is 0 Å². The van der Waals surface area contributed by atoms with Gasteiger partial charge >= 0.3 is 6.09 Å². The first-order valence-corrected chi connectivity index (χ1v) is 9.22. The highest BCUT2D eigenvalue weighted by Crippen LogP contribution is 2.34. The molecule has 0 aliphatic carbocycles. The van der Waals surface area contributed by atoms with E-state index in [0.717, 1.165) is 35.1 Å². The van der Waals surface area contributed by atoms with Crippen LogP contribution in [0.4, 0.5) is 16.2 Å². The molecule has 26 heavy (non-hydrogen) atoms. The molecule has 2 aromatic rings. The number of carbonyl (C=O) groups excluding carboxylic acids is 1. The molecule has 3 N–H and O–H groups in total. The highest BCUT2D eigenvalue weighted by molar-refractivity contribution is 9.10. The molecule has 1 aliphatic heterocycles. The monoisotopic (exact) mass is 420 g/mol. The first kappa shape index (κ1) is 18.5. The van der Waals surface area contributed by atoms with Crippen molar-refractivity contribution in [3.05, 3.63) is 52.8 Å². The van der Waals surface area contributed by atoms with Crippen LogP contribution in [0.1, 0.15) is 18.4 Å². The van der Waals surface area contributed by atoms with Crippen molar-refractivity contribution < 1.29 is 14.7 Å². The van der Waals surface area contributed by atoms with Crippen LogP contribution in [0.2, 0.25) is 0 Å². The molecule has 1 atom stereocenters. The van der Waals surface area contributed by atoms with E-state index in [0.29, 0.717) is 12.2 Å². The van der Waals surface area contributed by atoms with Gasteiger partial charge in [-0.15, -0.1) is 0 Å². The molecule has 2 heterocycles. The van der Waals surface area contributed by atoms with E-state index in [2.05, 4.69) is 36.6 Å². The predicted molar refractivity (Wildman–Crippen MR) is 102 cm³/mol. The molecular formula is C18H21BrN4O3. The van der Waals surface area contributed by atoms with Gasteiger partial charge in [0.05, 0.1) is 16.4 Å². The maximum Gasteiger partial charge on any atom is 0.407 e. The summed E-state index contributed by atoms with van der Waals surface area (Å²) in [5.74, 6) is 0. The van der Waals surface area contributed by atoms with Crippen molar-refractivity contribution in [2.24, 2.45) is 0 Å². The molecule has 1 aromatic heterocycles. The first-order chi connectivity index (χ1) is 12.7. The molecule has 7 nitrogen and oxygen atoms in total.